The summed E-state index contributed by atoms with van der Waals surface area (Å²) in [6.45, 7) is 1.04. The lowest BCUT2D eigenvalue weighted by molar-refractivity contribution is -0.130. The molecule has 1 aromatic rings. The first-order chi connectivity index (χ1) is 10.4. The number of rotatable bonds is 3. The Kier molecular flexibility index (Phi) is 3.99. The van der Waals surface area contributed by atoms with Crippen LogP contribution in [0.15, 0.2) is 18.2 Å². The Morgan fingerprint density at radius 2 is 2.00 bits per heavy atom. The number of fused-ring (bicyclic) bond motifs is 1. The van der Waals surface area contributed by atoms with E-state index in [-0.39, 0.29) is 29.9 Å². The van der Waals surface area contributed by atoms with Gasteiger partial charge in [-0.2, -0.15) is 0 Å². The van der Waals surface area contributed by atoms with Gasteiger partial charge in [0.2, 0.25) is 5.91 Å². The third kappa shape index (κ3) is 3.19. The highest BCUT2D eigenvalue weighted by atomic mass is 32.2. The van der Waals surface area contributed by atoms with Crippen molar-refractivity contribution in [2.45, 2.75) is 18.9 Å². The van der Waals surface area contributed by atoms with Crippen LogP contribution >= 0.6 is 0 Å². The molecule has 7 heteroatoms. The van der Waals surface area contributed by atoms with E-state index < -0.39 is 9.84 Å². The smallest absolute Gasteiger partial charge is 0.227 e. The number of ether oxygens (including phenoxy) is 2. The average Bonchev–Trinajstić information content (AvgIpc) is 2.86. The van der Waals surface area contributed by atoms with E-state index in [2.05, 4.69) is 0 Å². The van der Waals surface area contributed by atoms with Crippen molar-refractivity contribution in [3.63, 3.8) is 0 Å². The maximum Gasteiger partial charge on any atom is 0.227 e. The van der Waals surface area contributed by atoms with E-state index in [9.17, 15) is 13.2 Å². The summed E-state index contributed by atoms with van der Waals surface area (Å²) in [5.74, 6) is 1.49. The lowest BCUT2D eigenvalue weighted by Crippen LogP contribution is -2.38. The van der Waals surface area contributed by atoms with Crippen molar-refractivity contribution in [3.8, 4) is 11.5 Å². The zero-order chi connectivity index (χ0) is 15.7. The molecule has 0 bridgehead atoms. The molecular weight excluding hydrogens is 306 g/mol. The SMILES string of the molecule is CN(C(=O)Cc1ccc2c(c1)OCCO2)[C@H]1CCS(=O)(=O)C1. The van der Waals surface area contributed by atoms with Gasteiger partial charge < -0.3 is 14.4 Å². The van der Waals surface area contributed by atoms with E-state index in [4.69, 9.17) is 9.47 Å². The van der Waals surface area contributed by atoms with Crippen LogP contribution in [0.3, 0.4) is 0 Å². The van der Waals surface area contributed by atoms with Gasteiger partial charge in [-0.3, -0.25) is 4.79 Å². The lowest BCUT2D eigenvalue weighted by Gasteiger charge is -2.24. The van der Waals surface area contributed by atoms with Gasteiger partial charge in [-0.25, -0.2) is 8.42 Å². The normalized spacial score (nSPS) is 22.3. The zero-order valence-corrected chi connectivity index (χ0v) is 13.3. The molecule has 120 valence electrons. The van der Waals surface area contributed by atoms with E-state index in [1.54, 1.807) is 18.0 Å². The average molecular weight is 325 g/mol. The Balaban J connectivity index is 1.66. The maximum absolute atomic E-state index is 12.3. The molecule has 6 nitrogen and oxygen atoms in total. The fraction of sp³-hybridized carbons (Fsp3) is 0.533. The van der Waals surface area contributed by atoms with Crippen molar-refractivity contribution >= 4 is 15.7 Å². The summed E-state index contributed by atoms with van der Waals surface area (Å²) in [7, 11) is -1.32. The molecule has 1 fully saturated rings. The number of hydrogen-bond acceptors (Lipinski definition) is 5. The number of amides is 1. The van der Waals surface area contributed by atoms with Gasteiger partial charge in [0, 0.05) is 13.1 Å². The summed E-state index contributed by atoms with van der Waals surface area (Å²) in [5.41, 5.74) is 0.835. The van der Waals surface area contributed by atoms with Crippen molar-refractivity contribution in [3.05, 3.63) is 23.8 Å². The molecule has 0 unspecified atom stereocenters. The van der Waals surface area contributed by atoms with Crippen molar-refractivity contribution in [2.75, 3.05) is 31.8 Å². The number of sulfone groups is 1. The molecule has 3 rings (SSSR count). The lowest BCUT2D eigenvalue weighted by atomic mass is 10.1. The third-order valence-electron chi connectivity index (χ3n) is 4.11. The highest BCUT2D eigenvalue weighted by molar-refractivity contribution is 7.91. The van der Waals surface area contributed by atoms with Crippen LogP contribution in [0.4, 0.5) is 0 Å². The highest BCUT2D eigenvalue weighted by Crippen LogP contribution is 2.31. The molecule has 1 amide bonds. The molecular formula is C15H19NO5S. The molecule has 0 spiro atoms. The Morgan fingerprint density at radius 3 is 2.68 bits per heavy atom. The second-order valence-electron chi connectivity index (χ2n) is 5.72. The van der Waals surface area contributed by atoms with Crippen LogP contribution in [0.2, 0.25) is 0 Å². The maximum atomic E-state index is 12.3. The topological polar surface area (TPSA) is 72.9 Å². The minimum Gasteiger partial charge on any atom is -0.486 e. The standard InChI is InChI=1S/C15H19NO5S/c1-16(12-4-7-22(18,19)10-12)15(17)9-11-2-3-13-14(8-11)21-6-5-20-13/h2-3,8,12H,4-7,9-10H2,1H3/t12-/m0/s1. The van der Waals surface area contributed by atoms with Gasteiger partial charge in [0.25, 0.3) is 0 Å². The van der Waals surface area contributed by atoms with Crippen LogP contribution in [0.25, 0.3) is 0 Å². The number of benzene rings is 1. The second kappa shape index (κ2) is 5.79. The first kappa shape index (κ1) is 15.1. The predicted octanol–water partition coefficient (Wildman–Crippen LogP) is 0.646. The van der Waals surface area contributed by atoms with Crippen molar-refractivity contribution in [1.29, 1.82) is 0 Å². The zero-order valence-electron chi connectivity index (χ0n) is 12.4. The van der Waals surface area contributed by atoms with E-state index in [0.717, 1.165) is 5.56 Å². The molecule has 1 atom stereocenters. The minimum atomic E-state index is -2.99. The molecule has 22 heavy (non-hydrogen) atoms. The summed E-state index contributed by atoms with van der Waals surface area (Å²) in [5, 5.41) is 0. The molecule has 2 aliphatic rings. The van der Waals surface area contributed by atoms with Crippen molar-refractivity contribution in [2.24, 2.45) is 0 Å². The molecule has 1 aromatic carbocycles. The molecule has 0 saturated carbocycles. The quantitative estimate of drug-likeness (QED) is 0.816. The van der Waals surface area contributed by atoms with Crippen LogP contribution in [0.1, 0.15) is 12.0 Å². The molecule has 0 N–H and O–H groups in total. The first-order valence-corrected chi connectivity index (χ1v) is 9.11. The Labute approximate surface area is 129 Å². The molecule has 0 aliphatic carbocycles. The highest BCUT2D eigenvalue weighted by Gasteiger charge is 2.32. The van der Waals surface area contributed by atoms with E-state index >= 15 is 0 Å². The summed E-state index contributed by atoms with van der Waals surface area (Å²) in [6, 6.07) is 5.24. The van der Waals surface area contributed by atoms with Gasteiger partial charge in [-0.15, -0.1) is 0 Å². The Morgan fingerprint density at radius 1 is 1.27 bits per heavy atom. The first-order valence-electron chi connectivity index (χ1n) is 7.29. The Hall–Kier alpha value is -1.76. The van der Waals surface area contributed by atoms with Crippen LogP contribution in [-0.2, 0) is 21.1 Å². The molecule has 1 saturated heterocycles. The van der Waals surface area contributed by atoms with E-state index in [1.165, 1.54) is 0 Å². The van der Waals surface area contributed by atoms with Crippen LogP contribution in [0.5, 0.6) is 11.5 Å². The number of hydrogen-bond donors (Lipinski definition) is 0. The van der Waals surface area contributed by atoms with Gasteiger partial charge >= 0.3 is 0 Å². The van der Waals surface area contributed by atoms with Gasteiger partial charge in [-0.05, 0) is 24.1 Å². The van der Waals surface area contributed by atoms with Gasteiger partial charge in [0.15, 0.2) is 21.3 Å². The number of nitrogens with zero attached hydrogens (tertiary/aromatic N) is 1. The number of carbonyl (C=O) groups is 1. The van der Waals surface area contributed by atoms with Gasteiger partial charge in [0.1, 0.15) is 13.2 Å². The molecule has 0 radical (unpaired) electrons. The van der Waals surface area contributed by atoms with Gasteiger partial charge in [0.05, 0.1) is 17.9 Å². The third-order valence-corrected chi connectivity index (χ3v) is 5.86. The fourth-order valence-electron chi connectivity index (χ4n) is 2.78. The summed E-state index contributed by atoms with van der Waals surface area (Å²) in [4.78, 5) is 13.9. The van der Waals surface area contributed by atoms with Crippen LogP contribution in [0, 0.1) is 0 Å². The van der Waals surface area contributed by atoms with Crippen molar-refractivity contribution < 1.29 is 22.7 Å². The fourth-order valence-corrected chi connectivity index (χ4v) is 4.56. The van der Waals surface area contributed by atoms with E-state index in [1.807, 2.05) is 12.1 Å². The van der Waals surface area contributed by atoms with Crippen LogP contribution < -0.4 is 9.47 Å². The number of carbonyl (C=O) groups excluding carboxylic acids is 1. The van der Waals surface area contributed by atoms with E-state index in [0.29, 0.717) is 31.1 Å². The molecule has 0 aromatic heterocycles. The number of likely N-dealkylation sites (N-methyl/N-ethyl adjacent to an activating group) is 1. The predicted molar refractivity (Wildman–Crippen MR) is 81.0 cm³/mol. The van der Waals surface area contributed by atoms with Gasteiger partial charge in [-0.1, -0.05) is 6.07 Å². The largest absolute Gasteiger partial charge is 0.486 e. The second-order valence-corrected chi connectivity index (χ2v) is 7.95. The van der Waals surface area contributed by atoms with Crippen molar-refractivity contribution in [1.82, 2.24) is 4.90 Å². The summed E-state index contributed by atoms with van der Waals surface area (Å²) in [6.07, 6.45) is 0.745. The van der Waals surface area contributed by atoms with Crippen LogP contribution in [-0.4, -0.2) is 57.0 Å². The summed E-state index contributed by atoms with van der Waals surface area (Å²) < 4.78 is 34.0. The molecule has 2 aliphatic heterocycles. The monoisotopic (exact) mass is 325 g/mol. The Bertz CT molecular complexity index is 685. The molecule has 2 heterocycles. The minimum absolute atomic E-state index is 0.0659. The summed E-state index contributed by atoms with van der Waals surface area (Å²) >= 11 is 0.